The van der Waals surface area contributed by atoms with Crippen LogP contribution >= 0.6 is 0 Å². The first-order valence-corrected chi connectivity index (χ1v) is 8.81. The third-order valence-corrected chi connectivity index (χ3v) is 6.36. The number of para-hydroxylation sites is 1. The van der Waals surface area contributed by atoms with Crippen LogP contribution < -0.4 is 10.1 Å². The fourth-order valence-electron chi connectivity index (χ4n) is 2.90. The molecule has 1 saturated carbocycles. The van der Waals surface area contributed by atoms with E-state index in [9.17, 15) is 8.42 Å². The molecular formula is C15H23NO3S. The van der Waals surface area contributed by atoms with E-state index in [0.717, 1.165) is 37.0 Å². The van der Waals surface area contributed by atoms with Gasteiger partial charge in [0.1, 0.15) is 5.75 Å². The molecule has 0 radical (unpaired) electrons. The predicted molar refractivity (Wildman–Crippen MR) is 80.8 cm³/mol. The summed E-state index contributed by atoms with van der Waals surface area (Å²) in [4.78, 5) is 0. The van der Waals surface area contributed by atoms with Gasteiger partial charge < -0.3 is 10.1 Å². The van der Waals surface area contributed by atoms with Crippen molar-refractivity contribution in [3.8, 4) is 5.75 Å². The molecule has 0 saturated heterocycles. The van der Waals surface area contributed by atoms with Gasteiger partial charge in [-0.25, -0.2) is 8.42 Å². The van der Waals surface area contributed by atoms with E-state index < -0.39 is 9.84 Å². The summed E-state index contributed by atoms with van der Waals surface area (Å²) in [5.41, 5.74) is 0.902. The Labute approximate surface area is 121 Å². The molecule has 1 N–H and O–H groups in total. The van der Waals surface area contributed by atoms with Gasteiger partial charge in [0.2, 0.25) is 0 Å². The normalized spacial score (nSPS) is 18.1. The smallest absolute Gasteiger partial charge is 0.155 e. The molecule has 0 bridgehead atoms. The van der Waals surface area contributed by atoms with Crippen molar-refractivity contribution in [3.05, 3.63) is 29.8 Å². The maximum Gasteiger partial charge on any atom is 0.155 e. The molecule has 0 spiro atoms. The molecule has 1 unspecified atom stereocenters. The molecular weight excluding hydrogens is 274 g/mol. The first-order valence-electron chi connectivity index (χ1n) is 7.10. The second-order valence-corrected chi connectivity index (χ2v) is 7.64. The van der Waals surface area contributed by atoms with Crippen LogP contribution in [0.25, 0.3) is 0 Å². The van der Waals surface area contributed by atoms with Crippen LogP contribution in [-0.4, -0.2) is 33.6 Å². The highest BCUT2D eigenvalue weighted by Crippen LogP contribution is 2.30. The lowest BCUT2D eigenvalue weighted by Gasteiger charge is -2.21. The van der Waals surface area contributed by atoms with Crippen molar-refractivity contribution >= 4 is 9.84 Å². The van der Waals surface area contributed by atoms with Crippen molar-refractivity contribution in [1.82, 2.24) is 5.32 Å². The number of benzene rings is 1. The molecule has 1 aliphatic carbocycles. The van der Waals surface area contributed by atoms with Crippen LogP contribution in [-0.2, 0) is 9.84 Å². The van der Waals surface area contributed by atoms with Crippen molar-refractivity contribution in [2.45, 2.75) is 37.0 Å². The van der Waals surface area contributed by atoms with Crippen LogP contribution in [0.1, 0.15) is 37.3 Å². The quantitative estimate of drug-likeness (QED) is 0.875. The van der Waals surface area contributed by atoms with Crippen LogP contribution in [0.5, 0.6) is 5.75 Å². The average Bonchev–Trinajstić information content (AvgIpc) is 3.00. The summed E-state index contributed by atoms with van der Waals surface area (Å²) in [6, 6.07) is 7.36. The van der Waals surface area contributed by atoms with Gasteiger partial charge in [0.05, 0.1) is 18.1 Å². The molecule has 0 aliphatic heterocycles. The van der Waals surface area contributed by atoms with Gasteiger partial charge in [0.15, 0.2) is 9.84 Å². The van der Waals surface area contributed by atoms with Crippen molar-refractivity contribution in [3.63, 3.8) is 0 Å². The van der Waals surface area contributed by atoms with Crippen LogP contribution in [0, 0.1) is 0 Å². The fourth-order valence-corrected chi connectivity index (χ4v) is 5.03. The van der Waals surface area contributed by atoms with Crippen LogP contribution in [0.4, 0.5) is 0 Å². The maximum absolute atomic E-state index is 12.5. The number of nitrogens with one attached hydrogen (secondary N) is 1. The van der Waals surface area contributed by atoms with Gasteiger partial charge in [-0.15, -0.1) is 0 Å². The topological polar surface area (TPSA) is 55.4 Å². The Bertz CT molecular complexity index is 536. The summed E-state index contributed by atoms with van der Waals surface area (Å²) < 4.78 is 30.3. The number of sulfone groups is 1. The Hall–Kier alpha value is -1.07. The van der Waals surface area contributed by atoms with E-state index >= 15 is 0 Å². The van der Waals surface area contributed by atoms with Crippen LogP contribution in [0.3, 0.4) is 0 Å². The number of hydrogen-bond donors (Lipinski definition) is 1. The highest BCUT2D eigenvalue weighted by molar-refractivity contribution is 7.92. The zero-order valence-electron chi connectivity index (χ0n) is 12.1. The number of hydrogen-bond acceptors (Lipinski definition) is 4. The van der Waals surface area contributed by atoms with Crippen LogP contribution in [0.2, 0.25) is 0 Å². The van der Waals surface area contributed by atoms with E-state index in [-0.39, 0.29) is 17.0 Å². The first-order chi connectivity index (χ1) is 9.58. The maximum atomic E-state index is 12.5. The molecule has 1 aromatic carbocycles. The molecule has 1 atom stereocenters. The molecule has 0 heterocycles. The SMILES string of the molecule is CNC(CS(=O)(=O)C1CCCC1)c1ccccc1OC. The van der Waals surface area contributed by atoms with Crippen molar-refractivity contribution in [1.29, 1.82) is 0 Å². The van der Waals surface area contributed by atoms with Gasteiger partial charge in [-0.1, -0.05) is 31.0 Å². The van der Waals surface area contributed by atoms with Gasteiger partial charge in [-0.3, -0.25) is 0 Å². The highest BCUT2D eigenvalue weighted by Gasteiger charge is 2.31. The molecule has 1 fully saturated rings. The van der Waals surface area contributed by atoms with E-state index in [1.165, 1.54) is 0 Å². The lowest BCUT2D eigenvalue weighted by molar-refractivity contribution is 0.403. The zero-order valence-corrected chi connectivity index (χ0v) is 12.9. The number of rotatable bonds is 6. The minimum absolute atomic E-state index is 0.133. The Morgan fingerprint density at radius 2 is 1.95 bits per heavy atom. The lowest BCUT2D eigenvalue weighted by atomic mass is 10.1. The summed E-state index contributed by atoms with van der Waals surface area (Å²) >= 11 is 0. The molecule has 4 nitrogen and oxygen atoms in total. The average molecular weight is 297 g/mol. The minimum Gasteiger partial charge on any atom is -0.496 e. The summed E-state index contributed by atoms with van der Waals surface area (Å²) in [6.07, 6.45) is 3.68. The van der Waals surface area contributed by atoms with E-state index in [2.05, 4.69) is 5.32 Å². The second-order valence-electron chi connectivity index (χ2n) is 5.32. The van der Waals surface area contributed by atoms with Crippen molar-refractivity contribution in [2.75, 3.05) is 19.9 Å². The lowest BCUT2D eigenvalue weighted by Crippen LogP contribution is -2.30. The van der Waals surface area contributed by atoms with Crippen LogP contribution in [0.15, 0.2) is 24.3 Å². The molecule has 112 valence electrons. The summed E-state index contributed by atoms with van der Waals surface area (Å²) in [5.74, 6) is 0.864. The predicted octanol–water partition coefficient (Wildman–Crippen LogP) is 2.31. The number of ether oxygens (including phenoxy) is 1. The highest BCUT2D eigenvalue weighted by atomic mass is 32.2. The third kappa shape index (κ3) is 3.33. The number of methoxy groups -OCH3 is 1. The standard InChI is InChI=1S/C15H23NO3S/c1-16-14(13-9-5-6-10-15(13)19-2)11-20(17,18)12-7-3-4-8-12/h5-6,9-10,12,14,16H,3-4,7-8,11H2,1-2H3. The minimum atomic E-state index is -3.06. The first kappa shape index (κ1) is 15.3. The fraction of sp³-hybridized carbons (Fsp3) is 0.600. The van der Waals surface area contributed by atoms with E-state index in [0.29, 0.717) is 0 Å². The Morgan fingerprint density at radius 1 is 1.30 bits per heavy atom. The largest absolute Gasteiger partial charge is 0.496 e. The molecule has 20 heavy (non-hydrogen) atoms. The molecule has 2 rings (SSSR count). The molecule has 0 amide bonds. The van der Waals surface area contributed by atoms with Gasteiger partial charge in [-0.2, -0.15) is 0 Å². The Balaban J connectivity index is 2.20. The molecule has 0 aromatic heterocycles. The molecule has 1 aromatic rings. The summed E-state index contributed by atoms with van der Waals surface area (Å²) in [6.45, 7) is 0. The van der Waals surface area contributed by atoms with E-state index in [4.69, 9.17) is 4.74 Å². The Morgan fingerprint density at radius 3 is 2.55 bits per heavy atom. The van der Waals surface area contributed by atoms with Gasteiger partial charge in [0.25, 0.3) is 0 Å². The van der Waals surface area contributed by atoms with E-state index in [1.807, 2.05) is 24.3 Å². The summed E-state index contributed by atoms with van der Waals surface area (Å²) in [5, 5.41) is 2.95. The Kier molecular flexibility index (Phi) is 5.05. The van der Waals surface area contributed by atoms with Crippen molar-refractivity contribution in [2.24, 2.45) is 0 Å². The molecule has 1 aliphatic rings. The summed E-state index contributed by atoms with van der Waals surface area (Å²) in [7, 11) is 0.339. The van der Waals surface area contributed by atoms with Crippen molar-refractivity contribution < 1.29 is 13.2 Å². The van der Waals surface area contributed by atoms with Gasteiger partial charge in [-0.05, 0) is 26.0 Å². The monoisotopic (exact) mass is 297 g/mol. The van der Waals surface area contributed by atoms with Gasteiger partial charge >= 0.3 is 0 Å². The second kappa shape index (κ2) is 6.59. The zero-order chi connectivity index (χ0) is 14.6. The van der Waals surface area contributed by atoms with Gasteiger partial charge in [0, 0.05) is 11.6 Å². The molecule has 5 heteroatoms. The van der Waals surface area contributed by atoms with E-state index in [1.54, 1.807) is 14.2 Å². The third-order valence-electron chi connectivity index (χ3n) is 4.07.